The molecule has 0 aliphatic carbocycles. The third-order valence-electron chi connectivity index (χ3n) is 7.36. The van der Waals surface area contributed by atoms with Crippen molar-refractivity contribution in [2.24, 2.45) is 0 Å². The number of ether oxygens (including phenoxy) is 4. The first-order chi connectivity index (χ1) is 20.9. The standard InChI is InChI=1S/C27H30O17/c28-6-14-17(33)20(36)23(39)26(42-14)44-25-21(37)18(34)15(7-29)43-27(25)41-12-2-1-8(3-10(12)31)24-22(38)19(35)16-11(32)4-9(30)5-13(16)40-24/h1-5,14-15,17-18,20-21,23,25-34,36-39H,6-7H2/t14-,15-,17-,18-,20+,21+,23-,25-,26+,27-/m1/s1. The smallest absolute Gasteiger partial charge is 0.238 e. The monoisotopic (exact) mass is 626 g/mol. The van der Waals surface area contributed by atoms with Crippen molar-refractivity contribution in [3.05, 3.63) is 40.6 Å². The van der Waals surface area contributed by atoms with E-state index in [1.54, 1.807) is 0 Å². The molecular weight excluding hydrogens is 596 g/mol. The van der Waals surface area contributed by atoms with Crippen LogP contribution in [0.3, 0.4) is 0 Å². The minimum absolute atomic E-state index is 0.0587. The number of aliphatic hydroxyl groups excluding tert-OH is 7. The molecule has 0 saturated carbocycles. The third kappa shape index (κ3) is 5.61. The molecular formula is C27H30O17. The number of fused-ring (bicyclic) bond motifs is 1. The zero-order chi connectivity index (χ0) is 32.0. The number of benzene rings is 2. The highest BCUT2D eigenvalue weighted by atomic mass is 16.8. The van der Waals surface area contributed by atoms with Crippen molar-refractivity contribution in [3.63, 3.8) is 0 Å². The van der Waals surface area contributed by atoms with Gasteiger partial charge in [-0.15, -0.1) is 0 Å². The first-order valence-corrected chi connectivity index (χ1v) is 13.2. The van der Waals surface area contributed by atoms with Crippen molar-refractivity contribution in [2.45, 2.75) is 61.4 Å². The quantitative estimate of drug-likeness (QED) is 0.127. The van der Waals surface area contributed by atoms with E-state index in [0.717, 1.165) is 24.3 Å². The summed E-state index contributed by atoms with van der Waals surface area (Å²) in [6.45, 7) is -1.57. The van der Waals surface area contributed by atoms with Gasteiger partial charge in [-0.3, -0.25) is 4.79 Å². The van der Waals surface area contributed by atoms with E-state index in [2.05, 4.69) is 0 Å². The van der Waals surface area contributed by atoms with Gasteiger partial charge in [-0.05, 0) is 18.2 Å². The summed E-state index contributed by atoms with van der Waals surface area (Å²) < 4.78 is 27.6. The Labute approximate surface area is 246 Å². The molecule has 0 spiro atoms. The average molecular weight is 627 g/mol. The Kier molecular flexibility index (Phi) is 8.87. The van der Waals surface area contributed by atoms with Crippen molar-refractivity contribution < 1.29 is 79.5 Å². The molecule has 2 aromatic carbocycles. The van der Waals surface area contributed by atoms with Crippen LogP contribution in [-0.2, 0) is 14.2 Å². The van der Waals surface area contributed by atoms with Gasteiger partial charge in [0, 0.05) is 17.7 Å². The van der Waals surface area contributed by atoms with E-state index in [9.17, 15) is 61.0 Å². The molecule has 0 unspecified atom stereocenters. The lowest BCUT2D eigenvalue weighted by atomic mass is 9.97. The van der Waals surface area contributed by atoms with Crippen LogP contribution < -0.4 is 10.2 Å². The number of hydrogen-bond acceptors (Lipinski definition) is 17. The van der Waals surface area contributed by atoms with E-state index in [1.165, 1.54) is 6.07 Å². The Balaban J connectivity index is 1.44. The lowest BCUT2D eigenvalue weighted by molar-refractivity contribution is -0.358. The minimum atomic E-state index is -1.89. The van der Waals surface area contributed by atoms with Gasteiger partial charge in [-0.2, -0.15) is 0 Å². The second-order valence-electron chi connectivity index (χ2n) is 10.3. The van der Waals surface area contributed by atoms with Gasteiger partial charge in [-0.1, -0.05) is 0 Å². The second kappa shape index (κ2) is 12.3. The minimum Gasteiger partial charge on any atom is -0.508 e. The van der Waals surface area contributed by atoms with E-state index < -0.39 is 114 Å². The number of phenols is 3. The van der Waals surface area contributed by atoms with Crippen LogP contribution in [-0.4, -0.2) is 131 Å². The lowest BCUT2D eigenvalue weighted by Crippen LogP contribution is -2.65. The molecule has 2 saturated heterocycles. The summed E-state index contributed by atoms with van der Waals surface area (Å²) in [5.74, 6) is -3.41. The van der Waals surface area contributed by atoms with E-state index in [1.807, 2.05) is 0 Å². The van der Waals surface area contributed by atoms with Crippen LogP contribution in [0.15, 0.2) is 39.5 Å². The summed E-state index contributed by atoms with van der Waals surface area (Å²) in [5, 5.41) is 111. The number of aliphatic hydroxyl groups is 7. The Morgan fingerprint density at radius 1 is 0.727 bits per heavy atom. The molecule has 3 aromatic rings. The zero-order valence-corrected chi connectivity index (χ0v) is 22.4. The molecule has 1 aromatic heterocycles. The highest BCUT2D eigenvalue weighted by Crippen LogP contribution is 2.39. The van der Waals surface area contributed by atoms with Crippen LogP contribution in [0.1, 0.15) is 0 Å². The summed E-state index contributed by atoms with van der Waals surface area (Å²) in [4.78, 5) is 12.7. The van der Waals surface area contributed by atoms with Crippen molar-refractivity contribution in [2.75, 3.05) is 13.2 Å². The van der Waals surface area contributed by atoms with Gasteiger partial charge in [0.2, 0.25) is 17.5 Å². The van der Waals surface area contributed by atoms with Crippen LogP contribution in [0, 0.1) is 0 Å². The van der Waals surface area contributed by atoms with Gasteiger partial charge in [0.1, 0.15) is 65.2 Å². The van der Waals surface area contributed by atoms with Gasteiger partial charge in [0.15, 0.2) is 29.7 Å². The fraction of sp³-hybridized carbons (Fsp3) is 0.444. The largest absolute Gasteiger partial charge is 0.508 e. The Morgan fingerprint density at radius 3 is 2.00 bits per heavy atom. The highest BCUT2D eigenvalue weighted by Gasteiger charge is 2.51. The lowest BCUT2D eigenvalue weighted by Gasteiger charge is -2.45. The Hall–Kier alpha value is -3.75. The fourth-order valence-electron chi connectivity index (χ4n) is 4.98. The van der Waals surface area contributed by atoms with Gasteiger partial charge in [0.25, 0.3) is 0 Å². The highest BCUT2D eigenvalue weighted by molar-refractivity contribution is 5.88. The maximum absolute atomic E-state index is 12.7. The molecule has 5 rings (SSSR count). The van der Waals surface area contributed by atoms with Crippen LogP contribution in [0.4, 0.5) is 0 Å². The average Bonchev–Trinajstić information content (AvgIpc) is 2.99. The van der Waals surface area contributed by atoms with E-state index in [0.29, 0.717) is 0 Å². The summed E-state index contributed by atoms with van der Waals surface area (Å²) in [6, 6.07) is 5.28. The van der Waals surface area contributed by atoms with Gasteiger partial charge in [-0.25, -0.2) is 0 Å². The van der Waals surface area contributed by atoms with Crippen molar-refractivity contribution in [1.29, 1.82) is 0 Å². The number of hydrogen-bond donors (Lipinski definition) is 11. The summed E-state index contributed by atoms with van der Waals surface area (Å²) in [7, 11) is 0. The molecule has 0 bridgehead atoms. The van der Waals surface area contributed by atoms with Gasteiger partial charge < -0.3 is 79.5 Å². The van der Waals surface area contributed by atoms with E-state index >= 15 is 0 Å². The first-order valence-electron chi connectivity index (χ1n) is 13.2. The third-order valence-corrected chi connectivity index (χ3v) is 7.36. The first kappa shape index (κ1) is 31.7. The second-order valence-corrected chi connectivity index (χ2v) is 10.3. The topological polar surface area (TPSA) is 290 Å². The Morgan fingerprint density at radius 2 is 1.36 bits per heavy atom. The van der Waals surface area contributed by atoms with Crippen LogP contribution in [0.25, 0.3) is 22.3 Å². The molecule has 3 heterocycles. The molecule has 17 nitrogen and oxygen atoms in total. The maximum Gasteiger partial charge on any atom is 0.238 e. The number of aromatic hydroxyl groups is 4. The number of rotatable bonds is 7. The molecule has 0 radical (unpaired) electrons. The molecule has 44 heavy (non-hydrogen) atoms. The van der Waals surface area contributed by atoms with Crippen LogP contribution >= 0.6 is 0 Å². The molecule has 17 heteroatoms. The molecule has 2 aliphatic rings. The molecule has 2 fully saturated rings. The molecule has 10 atom stereocenters. The SMILES string of the molecule is O=c1c(O)c(-c2ccc(O[C@@H]3O[C@H](CO)[C@@H](O)[C@H](O)[C@H]3O[C@@H]3O[C@H](CO)[C@@H](O)[C@H](O)[C@H]3O)c(O)c2)oc2cc(O)cc(O)c12. The van der Waals surface area contributed by atoms with Gasteiger partial charge >= 0.3 is 0 Å². The maximum atomic E-state index is 12.7. The summed E-state index contributed by atoms with van der Waals surface area (Å²) in [5.41, 5.74) is -1.35. The molecule has 0 amide bonds. The van der Waals surface area contributed by atoms with E-state index in [-0.39, 0.29) is 16.9 Å². The molecule has 2 aliphatic heterocycles. The Bertz CT molecular complexity index is 1560. The summed E-state index contributed by atoms with van der Waals surface area (Å²) in [6.07, 6.45) is -17.1. The van der Waals surface area contributed by atoms with Gasteiger partial charge in [0.05, 0.1) is 13.2 Å². The predicted molar refractivity (Wildman–Crippen MR) is 142 cm³/mol. The predicted octanol–water partition coefficient (Wildman–Crippen LogP) is -2.71. The van der Waals surface area contributed by atoms with Crippen molar-refractivity contribution >= 4 is 11.0 Å². The van der Waals surface area contributed by atoms with E-state index in [4.69, 9.17) is 23.4 Å². The molecule has 240 valence electrons. The van der Waals surface area contributed by atoms with Crippen LogP contribution in [0.2, 0.25) is 0 Å². The normalized spacial score (nSPS) is 32.5. The molecule has 11 N–H and O–H groups in total. The fourth-order valence-corrected chi connectivity index (χ4v) is 4.98. The zero-order valence-electron chi connectivity index (χ0n) is 22.4. The van der Waals surface area contributed by atoms with Crippen LogP contribution in [0.5, 0.6) is 28.7 Å². The van der Waals surface area contributed by atoms with Crippen molar-refractivity contribution in [3.8, 4) is 40.1 Å². The van der Waals surface area contributed by atoms with Crippen molar-refractivity contribution in [1.82, 2.24) is 0 Å². The summed E-state index contributed by atoms with van der Waals surface area (Å²) >= 11 is 0. The number of phenolic OH excluding ortho intramolecular Hbond substituents is 3.